The minimum Gasteiger partial charge on any atom is -0.341 e. The molecule has 1 saturated carbocycles. The zero-order valence-electron chi connectivity index (χ0n) is 16.2. The average Bonchev–Trinajstić information content (AvgIpc) is 3.16. The number of urea groups is 1. The summed E-state index contributed by atoms with van der Waals surface area (Å²) in [5.74, 6) is 0.564. The normalized spacial score (nSPS) is 20.9. The molecule has 0 bridgehead atoms. The van der Waals surface area contributed by atoms with Crippen LogP contribution in [-0.4, -0.2) is 41.5 Å². The summed E-state index contributed by atoms with van der Waals surface area (Å²) in [7, 11) is 0. The third-order valence-electron chi connectivity index (χ3n) is 6.09. The number of benzene rings is 1. The van der Waals surface area contributed by atoms with Gasteiger partial charge < -0.3 is 21.3 Å². The lowest BCUT2D eigenvalue weighted by molar-refractivity contribution is -0.139. The van der Waals surface area contributed by atoms with E-state index in [1.54, 1.807) is 0 Å². The van der Waals surface area contributed by atoms with Gasteiger partial charge in [-0.05, 0) is 44.1 Å². The number of piperidine rings is 1. The van der Waals surface area contributed by atoms with Crippen molar-refractivity contribution in [3.63, 3.8) is 0 Å². The largest absolute Gasteiger partial charge is 0.341 e. The Hall–Kier alpha value is -2.08. The molecule has 1 aliphatic carbocycles. The lowest BCUT2D eigenvalue weighted by Crippen LogP contribution is -2.61. The second kappa shape index (κ2) is 8.74. The van der Waals surface area contributed by atoms with E-state index in [2.05, 4.69) is 10.6 Å². The van der Waals surface area contributed by atoms with E-state index in [4.69, 9.17) is 5.73 Å². The average molecular weight is 373 g/mol. The van der Waals surface area contributed by atoms with Gasteiger partial charge in [0.25, 0.3) is 0 Å². The molecule has 4 N–H and O–H groups in total. The van der Waals surface area contributed by atoms with Crippen LogP contribution < -0.4 is 16.4 Å². The summed E-state index contributed by atoms with van der Waals surface area (Å²) in [6.45, 7) is 3.97. The van der Waals surface area contributed by atoms with Crippen LogP contribution in [0.2, 0.25) is 0 Å². The van der Waals surface area contributed by atoms with Crippen LogP contribution >= 0.6 is 0 Å². The molecule has 0 radical (unpaired) electrons. The SMILES string of the molecule is CC(N)C1CCN(C(=O)C2(NC(=O)NCc3ccccc3)CCCC2)CC1. The number of carbonyl (C=O) groups excluding carboxylic acids is 2. The number of nitrogens with zero attached hydrogens (tertiary/aromatic N) is 1. The van der Waals surface area contributed by atoms with E-state index >= 15 is 0 Å². The van der Waals surface area contributed by atoms with E-state index in [1.807, 2.05) is 42.2 Å². The summed E-state index contributed by atoms with van der Waals surface area (Å²) < 4.78 is 0. The Kier molecular flexibility index (Phi) is 6.37. The first-order valence-electron chi connectivity index (χ1n) is 10.1. The maximum atomic E-state index is 13.3. The molecule has 148 valence electrons. The highest BCUT2D eigenvalue weighted by Gasteiger charge is 2.45. The molecule has 0 spiro atoms. The molecule has 1 saturated heterocycles. The van der Waals surface area contributed by atoms with Crippen LogP contribution in [0.4, 0.5) is 4.79 Å². The molecule has 6 nitrogen and oxygen atoms in total. The van der Waals surface area contributed by atoms with Crippen molar-refractivity contribution in [1.82, 2.24) is 15.5 Å². The Balaban J connectivity index is 1.58. The van der Waals surface area contributed by atoms with Crippen molar-refractivity contribution in [3.05, 3.63) is 35.9 Å². The fourth-order valence-electron chi connectivity index (χ4n) is 4.34. The van der Waals surface area contributed by atoms with Gasteiger partial charge in [-0.3, -0.25) is 4.79 Å². The highest BCUT2D eigenvalue weighted by molar-refractivity contribution is 5.91. The highest BCUT2D eigenvalue weighted by atomic mass is 16.2. The summed E-state index contributed by atoms with van der Waals surface area (Å²) in [5.41, 5.74) is 6.31. The number of hydrogen-bond acceptors (Lipinski definition) is 3. The molecule has 0 aromatic heterocycles. The Morgan fingerprint density at radius 2 is 1.81 bits per heavy atom. The van der Waals surface area contributed by atoms with E-state index in [0.29, 0.717) is 12.5 Å². The summed E-state index contributed by atoms with van der Waals surface area (Å²) in [6.07, 6.45) is 5.27. The standard InChI is InChI=1S/C21H32N4O2/c1-16(22)18-9-13-25(14-10-18)19(26)21(11-5-6-12-21)24-20(27)23-15-17-7-3-2-4-8-17/h2-4,7-8,16,18H,5-6,9-15,22H2,1H3,(H2,23,24,27). The summed E-state index contributed by atoms with van der Waals surface area (Å²) in [6, 6.07) is 9.69. The Labute approximate surface area is 161 Å². The van der Waals surface area contributed by atoms with Crippen molar-refractivity contribution in [3.8, 4) is 0 Å². The second-order valence-electron chi connectivity index (χ2n) is 8.07. The minimum atomic E-state index is -0.748. The zero-order chi connectivity index (χ0) is 19.3. The zero-order valence-corrected chi connectivity index (χ0v) is 16.2. The lowest BCUT2D eigenvalue weighted by Gasteiger charge is -2.39. The van der Waals surface area contributed by atoms with Gasteiger partial charge in [-0.15, -0.1) is 0 Å². The van der Waals surface area contributed by atoms with Gasteiger partial charge in [-0.2, -0.15) is 0 Å². The molecule has 27 heavy (non-hydrogen) atoms. The van der Waals surface area contributed by atoms with Crippen LogP contribution in [0.5, 0.6) is 0 Å². The number of nitrogens with one attached hydrogen (secondary N) is 2. The van der Waals surface area contributed by atoms with Crippen LogP contribution in [0, 0.1) is 5.92 Å². The molecule has 3 amide bonds. The fourth-order valence-corrected chi connectivity index (χ4v) is 4.34. The first-order chi connectivity index (χ1) is 13.0. The Morgan fingerprint density at radius 1 is 1.19 bits per heavy atom. The van der Waals surface area contributed by atoms with Crippen molar-refractivity contribution in [2.24, 2.45) is 11.7 Å². The molecular weight excluding hydrogens is 340 g/mol. The van der Waals surface area contributed by atoms with E-state index in [0.717, 1.165) is 57.2 Å². The predicted molar refractivity (Wildman–Crippen MR) is 106 cm³/mol. The first-order valence-corrected chi connectivity index (χ1v) is 10.1. The number of rotatable bonds is 5. The molecule has 2 aliphatic rings. The van der Waals surface area contributed by atoms with Gasteiger partial charge in [0.15, 0.2) is 0 Å². The molecule has 1 unspecified atom stereocenters. The molecule has 1 atom stereocenters. The van der Waals surface area contributed by atoms with Crippen LogP contribution in [0.25, 0.3) is 0 Å². The molecule has 3 rings (SSSR count). The highest BCUT2D eigenvalue weighted by Crippen LogP contribution is 2.33. The number of likely N-dealkylation sites (tertiary alicyclic amines) is 1. The maximum Gasteiger partial charge on any atom is 0.315 e. The number of hydrogen-bond donors (Lipinski definition) is 3. The topological polar surface area (TPSA) is 87.5 Å². The predicted octanol–water partition coefficient (Wildman–Crippen LogP) is 2.38. The Morgan fingerprint density at radius 3 is 2.41 bits per heavy atom. The van der Waals surface area contributed by atoms with Crippen molar-refractivity contribution in [2.45, 2.75) is 63.6 Å². The van der Waals surface area contributed by atoms with Gasteiger partial charge >= 0.3 is 6.03 Å². The molecule has 2 fully saturated rings. The van der Waals surface area contributed by atoms with E-state index in [-0.39, 0.29) is 18.0 Å². The Bertz CT molecular complexity index is 633. The molecule has 6 heteroatoms. The number of nitrogens with two attached hydrogens (primary N) is 1. The first kappa shape index (κ1) is 19.7. The lowest BCUT2D eigenvalue weighted by atomic mass is 9.88. The minimum absolute atomic E-state index is 0.0815. The second-order valence-corrected chi connectivity index (χ2v) is 8.07. The van der Waals surface area contributed by atoms with Crippen LogP contribution in [-0.2, 0) is 11.3 Å². The summed E-state index contributed by atoms with van der Waals surface area (Å²) in [4.78, 5) is 27.7. The quantitative estimate of drug-likeness (QED) is 0.742. The van der Waals surface area contributed by atoms with E-state index in [9.17, 15) is 9.59 Å². The third-order valence-corrected chi connectivity index (χ3v) is 6.09. The molecule has 1 aromatic rings. The van der Waals surface area contributed by atoms with Gasteiger partial charge in [-0.1, -0.05) is 43.2 Å². The molecule has 1 aromatic carbocycles. The summed E-state index contributed by atoms with van der Waals surface area (Å²) in [5, 5.41) is 5.92. The molecule has 1 heterocycles. The van der Waals surface area contributed by atoms with Crippen molar-refractivity contribution < 1.29 is 9.59 Å². The smallest absolute Gasteiger partial charge is 0.315 e. The summed E-state index contributed by atoms with van der Waals surface area (Å²) >= 11 is 0. The van der Waals surface area contributed by atoms with Gasteiger partial charge in [-0.25, -0.2) is 4.79 Å². The van der Waals surface area contributed by atoms with Gasteiger partial charge in [0.05, 0.1) is 0 Å². The molecular formula is C21H32N4O2. The number of carbonyl (C=O) groups is 2. The fraction of sp³-hybridized carbons (Fsp3) is 0.619. The number of amides is 3. The van der Waals surface area contributed by atoms with Crippen molar-refractivity contribution in [1.29, 1.82) is 0 Å². The van der Waals surface area contributed by atoms with Gasteiger partial charge in [0.2, 0.25) is 5.91 Å². The maximum absolute atomic E-state index is 13.3. The van der Waals surface area contributed by atoms with Crippen molar-refractivity contribution >= 4 is 11.9 Å². The van der Waals surface area contributed by atoms with Crippen LogP contribution in [0.3, 0.4) is 0 Å². The third kappa shape index (κ3) is 4.80. The van der Waals surface area contributed by atoms with Crippen molar-refractivity contribution in [2.75, 3.05) is 13.1 Å². The van der Waals surface area contributed by atoms with Crippen LogP contribution in [0.15, 0.2) is 30.3 Å². The van der Waals surface area contributed by atoms with Crippen LogP contribution in [0.1, 0.15) is 51.0 Å². The monoisotopic (exact) mass is 372 g/mol. The van der Waals surface area contributed by atoms with Gasteiger partial charge in [0, 0.05) is 25.7 Å². The molecule has 1 aliphatic heterocycles. The van der Waals surface area contributed by atoms with E-state index < -0.39 is 5.54 Å². The van der Waals surface area contributed by atoms with Gasteiger partial charge in [0.1, 0.15) is 5.54 Å². The van der Waals surface area contributed by atoms with E-state index in [1.165, 1.54) is 0 Å².